The van der Waals surface area contributed by atoms with E-state index in [4.69, 9.17) is 9.52 Å². The second-order valence-electron chi connectivity index (χ2n) is 7.45. The van der Waals surface area contributed by atoms with Crippen LogP contribution in [-0.4, -0.2) is 27.2 Å². The number of carbonyl (C=O) groups is 2. The molecule has 0 aliphatic rings. The molecular weight excluding hydrogens is 370 g/mol. The molecule has 29 heavy (non-hydrogen) atoms. The van der Waals surface area contributed by atoms with Crippen LogP contribution in [0.4, 0.5) is 5.69 Å². The first-order chi connectivity index (χ1) is 13.7. The predicted octanol–water partition coefficient (Wildman–Crippen LogP) is 4.28. The first kappa shape index (κ1) is 20.0. The number of para-hydroxylation sites is 1. The molecule has 148 valence electrons. The van der Waals surface area contributed by atoms with Gasteiger partial charge in [-0.2, -0.15) is 0 Å². The lowest BCUT2D eigenvalue weighted by atomic mass is 9.87. The van der Waals surface area contributed by atoms with E-state index in [0.29, 0.717) is 17.1 Å². The summed E-state index contributed by atoms with van der Waals surface area (Å²) >= 11 is 0. The Kier molecular flexibility index (Phi) is 5.59. The average molecular weight is 391 g/mol. The van der Waals surface area contributed by atoms with E-state index in [1.807, 2.05) is 24.3 Å². The highest BCUT2D eigenvalue weighted by atomic mass is 16.4. The van der Waals surface area contributed by atoms with Crippen LogP contribution in [0.2, 0.25) is 0 Å². The van der Waals surface area contributed by atoms with Gasteiger partial charge in [0.15, 0.2) is 0 Å². The largest absolute Gasteiger partial charge is 0.478 e. The molecule has 0 bridgehead atoms. The number of carbonyl (C=O) groups excluding carboxylic acids is 1. The zero-order valence-corrected chi connectivity index (χ0v) is 16.3. The summed E-state index contributed by atoms with van der Waals surface area (Å²) in [5.41, 5.74) is 3.01. The lowest BCUT2D eigenvalue weighted by Gasteiger charge is -2.18. The van der Waals surface area contributed by atoms with Crippen LogP contribution < -0.4 is 5.32 Å². The van der Waals surface area contributed by atoms with E-state index < -0.39 is 11.9 Å². The molecule has 0 unspecified atom stereocenters. The van der Waals surface area contributed by atoms with E-state index >= 15 is 0 Å². The molecule has 0 fully saturated rings. The first-order valence-corrected chi connectivity index (χ1v) is 9.00. The maximum absolute atomic E-state index is 11.9. The van der Waals surface area contributed by atoms with Crippen LogP contribution in [0.5, 0.6) is 0 Å². The van der Waals surface area contributed by atoms with Crippen molar-refractivity contribution in [1.82, 2.24) is 10.2 Å². The topological polar surface area (TPSA) is 105 Å². The summed E-state index contributed by atoms with van der Waals surface area (Å²) in [7, 11) is 0. The molecule has 0 spiro atoms. The van der Waals surface area contributed by atoms with E-state index in [0.717, 1.165) is 17.7 Å². The fourth-order valence-electron chi connectivity index (χ4n) is 2.66. The zero-order chi connectivity index (χ0) is 21.0. The molecule has 3 rings (SSSR count). The smallest absolute Gasteiger partial charge is 0.328 e. The van der Waals surface area contributed by atoms with Gasteiger partial charge in [-0.1, -0.05) is 45.0 Å². The van der Waals surface area contributed by atoms with Crippen LogP contribution in [0.3, 0.4) is 0 Å². The van der Waals surface area contributed by atoms with Gasteiger partial charge >= 0.3 is 5.97 Å². The molecule has 2 N–H and O–H groups in total. The second-order valence-corrected chi connectivity index (χ2v) is 7.45. The van der Waals surface area contributed by atoms with E-state index in [1.54, 1.807) is 24.3 Å². The van der Waals surface area contributed by atoms with Gasteiger partial charge in [-0.05, 0) is 35.2 Å². The van der Waals surface area contributed by atoms with Crippen molar-refractivity contribution in [2.24, 2.45) is 0 Å². The van der Waals surface area contributed by atoms with Crippen molar-refractivity contribution in [2.45, 2.75) is 26.2 Å². The SMILES string of the molecule is CC(C)(C)c1ccc(-c2nnc(-c3ccccc3NC(=O)/C=C\C(=O)O)o2)cc1. The molecule has 1 heterocycles. The highest BCUT2D eigenvalue weighted by Crippen LogP contribution is 2.30. The van der Waals surface area contributed by atoms with Gasteiger partial charge in [-0.15, -0.1) is 10.2 Å². The van der Waals surface area contributed by atoms with Gasteiger partial charge in [0.1, 0.15) is 0 Å². The Morgan fingerprint density at radius 3 is 2.28 bits per heavy atom. The predicted molar refractivity (Wildman–Crippen MR) is 109 cm³/mol. The van der Waals surface area contributed by atoms with Gasteiger partial charge in [0, 0.05) is 17.7 Å². The van der Waals surface area contributed by atoms with Crippen LogP contribution in [0.15, 0.2) is 65.1 Å². The summed E-state index contributed by atoms with van der Waals surface area (Å²) in [6.07, 6.45) is 1.71. The fourth-order valence-corrected chi connectivity index (χ4v) is 2.66. The Morgan fingerprint density at radius 1 is 0.966 bits per heavy atom. The number of nitrogens with zero attached hydrogens (tertiary/aromatic N) is 2. The first-order valence-electron chi connectivity index (χ1n) is 9.00. The minimum Gasteiger partial charge on any atom is -0.478 e. The minimum absolute atomic E-state index is 0.0464. The lowest BCUT2D eigenvalue weighted by Crippen LogP contribution is -2.10. The normalized spacial score (nSPS) is 11.6. The average Bonchev–Trinajstić information content (AvgIpc) is 3.16. The van der Waals surface area contributed by atoms with Crippen LogP contribution >= 0.6 is 0 Å². The quantitative estimate of drug-likeness (QED) is 0.629. The molecule has 0 atom stereocenters. The molecule has 0 aliphatic heterocycles. The van der Waals surface area contributed by atoms with E-state index in [2.05, 4.69) is 36.3 Å². The molecule has 7 heteroatoms. The third-order valence-electron chi connectivity index (χ3n) is 4.22. The number of benzene rings is 2. The van der Waals surface area contributed by atoms with Crippen LogP contribution in [-0.2, 0) is 15.0 Å². The van der Waals surface area contributed by atoms with Crippen molar-refractivity contribution in [2.75, 3.05) is 5.32 Å². The summed E-state index contributed by atoms with van der Waals surface area (Å²) < 4.78 is 5.82. The van der Waals surface area contributed by atoms with Gasteiger partial charge in [0.05, 0.1) is 11.3 Å². The van der Waals surface area contributed by atoms with Gasteiger partial charge in [-0.3, -0.25) is 4.79 Å². The van der Waals surface area contributed by atoms with Crippen molar-refractivity contribution < 1.29 is 19.1 Å². The molecular formula is C22H21N3O4. The highest BCUT2D eigenvalue weighted by molar-refractivity contribution is 6.04. The van der Waals surface area contributed by atoms with E-state index in [9.17, 15) is 9.59 Å². The molecule has 7 nitrogen and oxygen atoms in total. The summed E-state index contributed by atoms with van der Waals surface area (Å²) in [4.78, 5) is 22.5. The van der Waals surface area contributed by atoms with Crippen molar-refractivity contribution in [1.29, 1.82) is 0 Å². The minimum atomic E-state index is -1.20. The number of carboxylic acids is 1. The summed E-state index contributed by atoms with van der Waals surface area (Å²) in [5, 5.41) is 19.5. The molecule has 0 aliphatic carbocycles. The highest BCUT2D eigenvalue weighted by Gasteiger charge is 2.17. The number of amides is 1. The number of aliphatic carboxylic acids is 1. The van der Waals surface area contributed by atoms with Crippen molar-refractivity contribution in [3.63, 3.8) is 0 Å². The Labute approximate surface area is 168 Å². The summed E-state index contributed by atoms with van der Waals surface area (Å²) in [6.45, 7) is 6.43. The third-order valence-corrected chi connectivity index (χ3v) is 4.22. The zero-order valence-electron chi connectivity index (χ0n) is 16.3. The number of rotatable bonds is 5. The maximum atomic E-state index is 11.9. The number of hydrogen-bond acceptors (Lipinski definition) is 5. The Bertz CT molecular complexity index is 1060. The van der Waals surface area contributed by atoms with Gasteiger partial charge in [-0.25, -0.2) is 4.79 Å². The van der Waals surface area contributed by atoms with Gasteiger partial charge < -0.3 is 14.8 Å². The van der Waals surface area contributed by atoms with E-state index in [1.165, 1.54) is 5.56 Å². The summed E-state index contributed by atoms with van der Waals surface area (Å²) in [5.74, 6) is -1.16. The lowest BCUT2D eigenvalue weighted by molar-refractivity contribution is -0.131. The standard InChI is InChI=1S/C22H21N3O4/c1-22(2,3)15-10-8-14(9-11-15)20-24-25-21(29-20)16-6-4-5-7-17(16)23-18(26)12-13-19(27)28/h4-13H,1-3H3,(H,23,26)(H,27,28)/b13-12-. The van der Waals surface area contributed by atoms with Crippen molar-refractivity contribution in [3.05, 3.63) is 66.2 Å². The molecule has 0 radical (unpaired) electrons. The Balaban J connectivity index is 1.85. The Morgan fingerprint density at radius 2 is 1.62 bits per heavy atom. The third kappa shape index (κ3) is 4.95. The van der Waals surface area contributed by atoms with Crippen LogP contribution in [0.1, 0.15) is 26.3 Å². The van der Waals surface area contributed by atoms with Crippen molar-refractivity contribution in [3.8, 4) is 22.9 Å². The van der Waals surface area contributed by atoms with Gasteiger partial charge in [0.25, 0.3) is 0 Å². The van der Waals surface area contributed by atoms with E-state index in [-0.39, 0.29) is 11.3 Å². The fraction of sp³-hybridized carbons (Fsp3) is 0.182. The molecule has 3 aromatic rings. The van der Waals surface area contributed by atoms with Crippen LogP contribution in [0, 0.1) is 0 Å². The molecule has 0 saturated carbocycles. The number of anilines is 1. The molecule has 1 amide bonds. The molecule has 0 saturated heterocycles. The number of carboxylic acid groups (broad SMARTS) is 1. The maximum Gasteiger partial charge on any atom is 0.328 e. The monoisotopic (exact) mass is 391 g/mol. The van der Waals surface area contributed by atoms with Gasteiger partial charge in [0.2, 0.25) is 17.7 Å². The number of aromatic nitrogens is 2. The number of nitrogens with one attached hydrogen (secondary N) is 1. The summed E-state index contributed by atoms with van der Waals surface area (Å²) in [6, 6.07) is 14.8. The number of hydrogen-bond donors (Lipinski definition) is 2. The second kappa shape index (κ2) is 8.10. The van der Waals surface area contributed by atoms with Crippen LogP contribution in [0.25, 0.3) is 22.9 Å². The molecule has 1 aromatic heterocycles. The van der Waals surface area contributed by atoms with Crippen molar-refractivity contribution >= 4 is 17.6 Å². The molecule has 2 aromatic carbocycles. The Hall–Kier alpha value is -3.74.